The topological polar surface area (TPSA) is 64.6 Å². The summed E-state index contributed by atoms with van der Waals surface area (Å²) in [5, 5.41) is 10.1. The van der Waals surface area contributed by atoms with Crippen LogP contribution in [0.2, 0.25) is 0 Å². The molecule has 5 nitrogen and oxygen atoms in total. The molecule has 0 spiro atoms. The van der Waals surface area contributed by atoms with Crippen LogP contribution < -0.4 is 0 Å². The molecule has 1 N–H and O–H groups in total. The van der Waals surface area contributed by atoms with E-state index in [0.717, 1.165) is 0 Å². The van der Waals surface area contributed by atoms with Crippen LogP contribution in [-0.2, 0) is 4.74 Å². The second-order valence-electron chi connectivity index (χ2n) is 4.73. The van der Waals surface area contributed by atoms with Crippen LogP contribution in [0.15, 0.2) is 53.1 Å². The van der Waals surface area contributed by atoms with Crippen molar-refractivity contribution in [1.29, 1.82) is 0 Å². The molecular formula is C17H14FNO4. The number of aromatic hydroxyl groups is 1. The van der Waals surface area contributed by atoms with Gasteiger partial charge in [-0.25, -0.2) is 9.18 Å². The summed E-state index contributed by atoms with van der Waals surface area (Å²) in [6.45, 7) is 1.74. The van der Waals surface area contributed by atoms with Crippen molar-refractivity contribution >= 4 is 5.97 Å². The predicted molar refractivity (Wildman–Crippen MR) is 81.1 cm³/mol. The minimum absolute atomic E-state index is 0.0400. The normalized spacial score (nSPS) is 10.7. The maximum absolute atomic E-state index is 14.6. The van der Waals surface area contributed by atoms with Gasteiger partial charge in [-0.05, 0) is 31.2 Å². The molecule has 0 aliphatic rings. The fraction of sp³-hybridized carbons (Fsp3) is 0.118. The second-order valence-corrected chi connectivity index (χ2v) is 4.73. The van der Waals surface area contributed by atoms with E-state index in [1.54, 1.807) is 49.4 Å². The van der Waals surface area contributed by atoms with Gasteiger partial charge >= 0.3 is 5.97 Å². The van der Waals surface area contributed by atoms with E-state index < -0.39 is 17.5 Å². The number of carbonyl (C=O) groups excluding carboxylic acids is 1. The van der Waals surface area contributed by atoms with Gasteiger partial charge in [0.2, 0.25) is 0 Å². The number of halogens is 1. The van der Waals surface area contributed by atoms with Crippen LogP contribution in [0.1, 0.15) is 17.4 Å². The number of carbonyl (C=O) groups is 1. The number of benzene rings is 1. The van der Waals surface area contributed by atoms with Crippen molar-refractivity contribution in [2.45, 2.75) is 6.92 Å². The van der Waals surface area contributed by atoms with Gasteiger partial charge in [0.15, 0.2) is 23.0 Å². The summed E-state index contributed by atoms with van der Waals surface area (Å²) in [5.74, 6) is -2.33. The van der Waals surface area contributed by atoms with Gasteiger partial charge in [0.1, 0.15) is 5.69 Å². The fourth-order valence-corrected chi connectivity index (χ4v) is 2.39. The summed E-state index contributed by atoms with van der Waals surface area (Å²) in [4.78, 5) is 12.2. The highest BCUT2D eigenvalue weighted by molar-refractivity contribution is 5.93. The van der Waals surface area contributed by atoms with Crippen molar-refractivity contribution in [3.63, 3.8) is 0 Å². The Kier molecular flexibility index (Phi) is 3.89. The summed E-state index contributed by atoms with van der Waals surface area (Å²) in [7, 11) is 0. The molecule has 1 aromatic carbocycles. The Morgan fingerprint density at radius 3 is 2.61 bits per heavy atom. The zero-order chi connectivity index (χ0) is 16.4. The van der Waals surface area contributed by atoms with Crippen LogP contribution in [0.25, 0.3) is 17.1 Å². The molecule has 3 aromatic rings. The number of hydrogen-bond donors (Lipinski definition) is 1. The van der Waals surface area contributed by atoms with Gasteiger partial charge < -0.3 is 14.3 Å². The standard InChI is InChI=1S/C17H14FNO4/c1-2-22-17(21)15-16(20)13(18)14(12-9-6-10-23-12)19(15)11-7-4-3-5-8-11/h3-10,20H,2H2,1H3. The molecule has 118 valence electrons. The molecule has 0 saturated carbocycles. The van der Waals surface area contributed by atoms with Crippen LogP contribution in [0.5, 0.6) is 5.75 Å². The largest absolute Gasteiger partial charge is 0.503 e. The van der Waals surface area contributed by atoms with E-state index >= 15 is 0 Å². The quantitative estimate of drug-likeness (QED) is 0.745. The first-order valence-corrected chi connectivity index (χ1v) is 7.04. The third-order valence-electron chi connectivity index (χ3n) is 3.33. The highest BCUT2D eigenvalue weighted by atomic mass is 19.1. The van der Waals surface area contributed by atoms with Crippen LogP contribution >= 0.6 is 0 Å². The molecular weight excluding hydrogens is 301 g/mol. The van der Waals surface area contributed by atoms with Crippen LogP contribution in [0.3, 0.4) is 0 Å². The minimum atomic E-state index is -0.938. The molecule has 3 rings (SSSR count). The van der Waals surface area contributed by atoms with Crippen LogP contribution in [0, 0.1) is 5.82 Å². The third-order valence-corrected chi connectivity index (χ3v) is 3.33. The predicted octanol–water partition coefficient (Wildman–Crippen LogP) is 3.76. The Labute approximate surface area is 131 Å². The first-order valence-electron chi connectivity index (χ1n) is 7.04. The number of furan rings is 1. The maximum Gasteiger partial charge on any atom is 0.359 e. The molecule has 2 heterocycles. The maximum atomic E-state index is 14.6. The van der Waals surface area contributed by atoms with E-state index in [2.05, 4.69) is 0 Å². The van der Waals surface area contributed by atoms with Crippen molar-refractivity contribution < 1.29 is 23.4 Å². The number of rotatable bonds is 4. The van der Waals surface area contributed by atoms with Gasteiger partial charge in [0.25, 0.3) is 0 Å². The van der Waals surface area contributed by atoms with Crippen molar-refractivity contribution in [3.8, 4) is 22.9 Å². The van der Waals surface area contributed by atoms with Crippen LogP contribution in [0.4, 0.5) is 4.39 Å². The molecule has 0 aliphatic carbocycles. The van der Waals surface area contributed by atoms with Crippen molar-refractivity contribution in [2.24, 2.45) is 0 Å². The summed E-state index contributed by atoms with van der Waals surface area (Å²) in [6, 6.07) is 11.8. The number of aromatic nitrogens is 1. The van der Waals surface area contributed by atoms with E-state index in [1.165, 1.54) is 10.8 Å². The highest BCUT2D eigenvalue weighted by Gasteiger charge is 2.31. The zero-order valence-electron chi connectivity index (χ0n) is 12.3. The number of nitrogens with zero attached hydrogens (tertiary/aromatic N) is 1. The monoisotopic (exact) mass is 315 g/mol. The Morgan fingerprint density at radius 2 is 2.00 bits per heavy atom. The zero-order valence-corrected chi connectivity index (χ0v) is 12.3. The lowest BCUT2D eigenvalue weighted by Crippen LogP contribution is -2.12. The Bertz CT molecular complexity index is 822. The molecule has 0 atom stereocenters. The lowest BCUT2D eigenvalue weighted by Gasteiger charge is -2.11. The van der Waals surface area contributed by atoms with Gasteiger partial charge in [0, 0.05) is 5.69 Å². The van der Waals surface area contributed by atoms with Crippen molar-refractivity contribution in [3.05, 3.63) is 60.2 Å². The van der Waals surface area contributed by atoms with Crippen molar-refractivity contribution in [1.82, 2.24) is 4.57 Å². The van der Waals surface area contributed by atoms with E-state index in [4.69, 9.17) is 9.15 Å². The molecule has 2 aromatic heterocycles. The molecule has 0 saturated heterocycles. The lowest BCUT2D eigenvalue weighted by molar-refractivity contribution is 0.0513. The molecule has 0 amide bonds. The third kappa shape index (κ3) is 2.48. The highest BCUT2D eigenvalue weighted by Crippen LogP contribution is 2.37. The minimum Gasteiger partial charge on any atom is -0.503 e. The molecule has 0 bridgehead atoms. The Hall–Kier alpha value is -3.02. The number of esters is 1. The summed E-state index contributed by atoms with van der Waals surface area (Å²) in [5.41, 5.74) is 0.185. The van der Waals surface area contributed by atoms with Crippen molar-refractivity contribution in [2.75, 3.05) is 6.61 Å². The first-order chi connectivity index (χ1) is 11.1. The lowest BCUT2D eigenvalue weighted by atomic mass is 10.2. The summed E-state index contributed by atoms with van der Waals surface area (Å²) in [6.07, 6.45) is 1.39. The van der Waals surface area contributed by atoms with E-state index in [1.807, 2.05) is 0 Å². The van der Waals surface area contributed by atoms with E-state index in [-0.39, 0.29) is 23.8 Å². The molecule has 23 heavy (non-hydrogen) atoms. The molecule has 0 unspecified atom stereocenters. The Morgan fingerprint density at radius 1 is 1.26 bits per heavy atom. The molecule has 0 radical (unpaired) electrons. The molecule has 0 aliphatic heterocycles. The van der Waals surface area contributed by atoms with E-state index in [9.17, 15) is 14.3 Å². The summed E-state index contributed by atoms with van der Waals surface area (Å²) < 4.78 is 26.1. The number of para-hydroxylation sites is 1. The van der Waals surface area contributed by atoms with Gasteiger partial charge in [-0.1, -0.05) is 18.2 Å². The second kappa shape index (κ2) is 6.00. The molecule has 6 heteroatoms. The smallest absolute Gasteiger partial charge is 0.359 e. The fourth-order valence-electron chi connectivity index (χ4n) is 2.39. The Balaban J connectivity index is 2.32. The first kappa shape index (κ1) is 14.9. The summed E-state index contributed by atoms with van der Waals surface area (Å²) >= 11 is 0. The van der Waals surface area contributed by atoms with Gasteiger partial charge in [0.05, 0.1) is 12.9 Å². The average molecular weight is 315 g/mol. The van der Waals surface area contributed by atoms with E-state index in [0.29, 0.717) is 5.69 Å². The van der Waals surface area contributed by atoms with Crippen LogP contribution in [-0.4, -0.2) is 22.2 Å². The molecule has 0 fully saturated rings. The SMILES string of the molecule is CCOC(=O)c1c(O)c(F)c(-c2ccco2)n1-c1ccccc1. The van der Waals surface area contributed by atoms with Gasteiger partial charge in [-0.2, -0.15) is 0 Å². The number of hydrogen-bond acceptors (Lipinski definition) is 4. The van der Waals surface area contributed by atoms with Gasteiger partial charge in [-0.15, -0.1) is 0 Å². The van der Waals surface area contributed by atoms with Gasteiger partial charge in [-0.3, -0.25) is 4.57 Å². The number of ether oxygens (including phenoxy) is 1. The average Bonchev–Trinajstić information content (AvgIpc) is 3.16.